The number of aromatic amines is 2. The third-order valence-corrected chi connectivity index (χ3v) is 8.41. The number of rotatable bonds is 8. The number of nitrogen functional groups attached to an aromatic ring is 1. The smallest absolute Gasteiger partial charge is 0.359 e. The van der Waals surface area contributed by atoms with Gasteiger partial charge in [0, 0.05) is 6.42 Å². The van der Waals surface area contributed by atoms with Crippen molar-refractivity contribution in [2.45, 2.75) is 82.4 Å². The average molecular weight is 491 g/mol. The van der Waals surface area contributed by atoms with Gasteiger partial charge in [-0.05, 0) is 26.7 Å². The summed E-state index contributed by atoms with van der Waals surface area (Å²) in [5.74, 6) is -0.265. The van der Waals surface area contributed by atoms with Crippen LogP contribution in [0.3, 0.4) is 0 Å². The molecule has 186 valence electrons. The molecule has 2 aromatic rings. The zero-order chi connectivity index (χ0) is 24.9. The summed E-state index contributed by atoms with van der Waals surface area (Å²) < 4.78 is 24.8. The van der Waals surface area contributed by atoms with Crippen LogP contribution in [0, 0.1) is 0 Å². The minimum Gasteiger partial charge on any atom is -0.388 e. The summed E-state index contributed by atoms with van der Waals surface area (Å²) in [4.78, 5) is 43.4. The van der Waals surface area contributed by atoms with Gasteiger partial charge in [0.15, 0.2) is 22.7 Å². The van der Waals surface area contributed by atoms with Gasteiger partial charge >= 0.3 is 13.3 Å². The third-order valence-electron chi connectivity index (χ3n) is 6.19. The van der Waals surface area contributed by atoms with E-state index >= 15 is 0 Å². The molecule has 1 aliphatic rings. The summed E-state index contributed by atoms with van der Waals surface area (Å²) in [5.41, 5.74) is 2.34. The van der Waals surface area contributed by atoms with Crippen molar-refractivity contribution in [1.82, 2.24) is 19.5 Å². The molecule has 0 spiro atoms. The highest BCUT2D eigenvalue weighted by Crippen LogP contribution is 2.59. The second-order valence-corrected chi connectivity index (χ2v) is 10.9. The van der Waals surface area contributed by atoms with E-state index in [0.717, 1.165) is 4.57 Å². The first-order valence-corrected chi connectivity index (χ1v) is 12.0. The van der Waals surface area contributed by atoms with Crippen molar-refractivity contribution in [1.29, 1.82) is 0 Å². The molecule has 15 heteroatoms. The summed E-state index contributed by atoms with van der Waals surface area (Å²) in [6.07, 6.45) is -5.66. The van der Waals surface area contributed by atoms with Crippen LogP contribution < -0.4 is 17.0 Å². The number of imidazole rings is 1. The van der Waals surface area contributed by atoms with Crippen LogP contribution in [0.15, 0.2) is 9.59 Å². The fraction of sp³-hybridized carbons (Fsp3) is 0.722. The fourth-order valence-electron chi connectivity index (χ4n) is 3.64. The van der Waals surface area contributed by atoms with Crippen molar-refractivity contribution >= 4 is 24.7 Å². The van der Waals surface area contributed by atoms with E-state index in [1.807, 2.05) is 0 Å². The van der Waals surface area contributed by atoms with Crippen LogP contribution in [0.2, 0.25) is 0 Å². The molecule has 3 rings (SSSR count). The maximum atomic E-state index is 12.7. The number of hydrogen-bond donors (Lipinski definition) is 7. The molecule has 1 saturated heterocycles. The standard InChI is InChI=1S/C18H30N5O9P/c1-5-17(3,32-33(29,30)18(4,28)6-2)7-8-10(24)11(25)14(31-8)23-12-9(20-16(23)27)13(26)22-15(19)21-12/h8,10-11,14,24-25,28H,5-7H2,1-4H3,(H,20,27)(H,29,30)(H3,19,21,22,26)/t8-,10-,11-,14-,17?,18?/m1/s1. The van der Waals surface area contributed by atoms with Crippen molar-refractivity contribution in [3.63, 3.8) is 0 Å². The normalized spacial score (nSPS) is 29.0. The van der Waals surface area contributed by atoms with E-state index in [1.54, 1.807) is 6.92 Å². The number of anilines is 1. The number of fused-ring (bicyclic) bond motifs is 1. The van der Waals surface area contributed by atoms with E-state index in [2.05, 4.69) is 15.0 Å². The predicted octanol–water partition coefficient (Wildman–Crippen LogP) is -0.506. The number of nitrogens with zero attached hydrogens (tertiary/aromatic N) is 2. The predicted molar refractivity (Wildman–Crippen MR) is 116 cm³/mol. The summed E-state index contributed by atoms with van der Waals surface area (Å²) in [7, 11) is -4.51. The van der Waals surface area contributed by atoms with Gasteiger partial charge < -0.3 is 35.2 Å². The minimum absolute atomic E-state index is 0.0390. The van der Waals surface area contributed by atoms with Crippen molar-refractivity contribution in [3.8, 4) is 0 Å². The first-order valence-electron chi connectivity index (χ1n) is 10.4. The molecular formula is C18H30N5O9P. The Morgan fingerprint density at radius 1 is 1.21 bits per heavy atom. The molecule has 0 radical (unpaired) electrons. The summed E-state index contributed by atoms with van der Waals surface area (Å²) in [5, 5.41) is 29.5. The van der Waals surface area contributed by atoms with Crippen molar-refractivity contribution in [3.05, 3.63) is 20.8 Å². The van der Waals surface area contributed by atoms with Gasteiger partial charge in [0.1, 0.15) is 12.2 Å². The molecule has 3 unspecified atom stereocenters. The zero-order valence-corrected chi connectivity index (χ0v) is 19.6. The highest BCUT2D eigenvalue weighted by atomic mass is 31.2. The monoisotopic (exact) mass is 491 g/mol. The van der Waals surface area contributed by atoms with Gasteiger partial charge in [-0.25, -0.2) is 9.36 Å². The van der Waals surface area contributed by atoms with Crippen LogP contribution in [0.5, 0.6) is 0 Å². The van der Waals surface area contributed by atoms with E-state index in [-0.39, 0.29) is 36.4 Å². The topological polar surface area (TPSA) is 226 Å². The Hall–Kier alpha value is -2.06. The number of H-pyrrole nitrogens is 2. The molecule has 3 heterocycles. The second-order valence-electron chi connectivity index (χ2n) is 8.69. The molecule has 2 aromatic heterocycles. The van der Waals surface area contributed by atoms with Crippen molar-refractivity contribution in [2.75, 3.05) is 5.73 Å². The van der Waals surface area contributed by atoms with E-state index in [1.165, 1.54) is 20.8 Å². The highest BCUT2D eigenvalue weighted by Gasteiger charge is 2.51. The lowest BCUT2D eigenvalue weighted by atomic mass is 9.93. The van der Waals surface area contributed by atoms with Gasteiger partial charge in [0.25, 0.3) is 5.56 Å². The molecular weight excluding hydrogens is 461 g/mol. The average Bonchev–Trinajstić information content (AvgIpc) is 3.18. The lowest BCUT2D eigenvalue weighted by molar-refractivity contribution is -0.0698. The number of aromatic nitrogens is 4. The van der Waals surface area contributed by atoms with Crippen molar-refractivity contribution in [2.24, 2.45) is 0 Å². The maximum Gasteiger partial charge on any atom is 0.359 e. The maximum absolute atomic E-state index is 12.7. The molecule has 33 heavy (non-hydrogen) atoms. The summed E-state index contributed by atoms with van der Waals surface area (Å²) in [6, 6.07) is 0. The molecule has 1 fully saturated rings. The summed E-state index contributed by atoms with van der Waals surface area (Å²) >= 11 is 0. The van der Waals surface area contributed by atoms with E-state index in [4.69, 9.17) is 15.0 Å². The van der Waals surface area contributed by atoms with Gasteiger partial charge in [0.05, 0.1) is 11.7 Å². The molecule has 0 bridgehead atoms. The first-order chi connectivity index (χ1) is 15.2. The number of hydrogen-bond acceptors (Lipinski definition) is 10. The van der Waals surface area contributed by atoms with Crippen LogP contribution in [0.25, 0.3) is 11.2 Å². The Morgan fingerprint density at radius 3 is 2.42 bits per heavy atom. The van der Waals surface area contributed by atoms with Crippen LogP contribution in [-0.4, -0.2) is 69.0 Å². The largest absolute Gasteiger partial charge is 0.388 e. The van der Waals surface area contributed by atoms with Gasteiger partial charge in [-0.2, -0.15) is 4.98 Å². The molecule has 0 aromatic carbocycles. The van der Waals surface area contributed by atoms with E-state index in [9.17, 15) is 34.4 Å². The molecule has 0 amide bonds. The van der Waals surface area contributed by atoms with Gasteiger partial charge in [-0.15, -0.1) is 0 Å². The van der Waals surface area contributed by atoms with Gasteiger partial charge in [-0.1, -0.05) is 13.8 Å². The molecule has 1 aliphatic heterocycles. The van der Waals surface area contributed by atoms with Gasteiger partial charge in [0.2, 0.25) is 5.95 Å². The number of aliphatic hydroxyl groups is 3. The SMILES string of the molecule is CCC(C)(C[C@H]1O[C@@H](n2c(=O)[nH]c3c(=O)[nH]c(N)nc32)[C@H](O)[C@@H]1O)OP(=O)(O)C(C)(O)CC. The quantitative estimate of drug-likeness (QED) is 0.233. The Labute approximate surface area is 187 Å². The zero-order valence-electron chi connectivity index (χ0n) is 18.7. The fourth-order valence-corrected chi connectivity index (χ4v) is 5.04. The Kier molecular flexibility index (Phi) is 6.68. The number of ether oxygens (including phenoxy) is 1. The third kappa shape index (κ3) is 4.52. The number of aliphatic hydroxyl groups excluding tert-OH is 2. The van der Waals surface area contributed by atoms with Crippen molar-refractivity contribution < 1.29 is 34.0 Å². The number of nitrogens with one attached hydrogen (secondary N) is 2. The Bertz CT molecular complexity index is 1190. The number of nitrogens with two attached hydrogens (primary N) is 1. The van der Waals surface area contributed by atoms with E-state index < -0.39 is 54.3 Å². The molecule has 8 N–H and O–H groups in total. The highest BCUT2D eigenvalue weighted by molar-refractivity contribution is 7.54. The lowest BCUT2D eigenvalue weighted by Crippen LogP contribution is -2.40. The lowest BCUT2D eigenvalue weighted by Gasteiger charge is -2.37. The van der Waals surface area contributed by atoms with Crippen LogP contribution in [-0.2, 0) is 13.8 Å². The molecule has 14 nitrogen and oxygen atoms in total. The second kappa shape index (κ2) is 8.62. The van der Waals surface area contributed by atoms with Gasteiger partial charge in [-0.3, -0.25) is 19.3 Å². The summed E-state index contributed by atoms with van der Waals surface area (Å²) in [6.45, 7) is 5.91. The molecule has 7 atom stereocenters. The minimum atomic E-state index is -4.51. The molecule has 0 saturated carbocycles. The Balaban J connectivity index is 1.92. The first kappa shape index (κ1) is 25.6. The van der Waals surface area contributed by atoms with Crippen LogP contribution in [0.1, 0.15) is 53.2 Å². The Morgan fingerprint density at radius 2 is 1.85 bits per heavy atom. The van der Waals surface area contributed by atoms with Crippen LogP contribution in [0.4, 0.5) is 5.95 Å². The van der Waals surface area contributed by atoms with Crippen LogP contribution >= 0.6 is 7.60 Å². The van der Waals surface area contributed by atoms with E-state index in [0.29, 0.717) is 0 Å². The molecule has 0 aliphatic carbocycles.